The largest absolute Gasteiger partial charge is 0.359 e. The second-order valence-corrected chi connectivity index (χ2v) is 6.30. The van der Waals surface area contributed by atoms with Crippen molar-refractivity contribution in [2.24, 2.45) is 7.05 Å². The van der Waals surface area contributed by atoms with E-state index in [1.165, 1.54) is 12.8 Å². The zero-order valence-corrected chi connectivity index (χ0v) is 13.9. The third kappa shape index (κ3) is 2.73. The van der Waals surface area contributed by atoms with Gasteiger partial charge in [0.1, 0.15) is 17.8 Å². The van der Waals surface area contributed by atoms with Gasteiger partial charge in [-0.3, -0.25) is 14.7 Å². The molecule has 3 aromatic heterocycles. The van der Waals surface area contributed by atoms with Gasteiger partial charge in [0.05, 0.1) is 18.8 Å². The van der Waals surface area contributed by atoms with E-state index in [1.54, 1.807) is 6.33 Å². The molecule has 126 valence electrons. The molecule has 1 N–H and O–H groups in total. The third-order valence-electron chi connectivity index (χ3n) is 4.79. The summed E-state index contributed by atoms with van der Waals surface area (Å²) in [5.74, 6) is 1.79. The van der Waals surface area contributed by atoms with Crippen LogP contribution in [0.4, 0.5) is 0 Å². The van der Waals surface area contributed by atoms with E-state index in [0.717, 1.165) is 48.0 Å². The van der Waals surface area contributed by atoms with Crippen molar-refractivity contribution < 1.29 is 4.52 Å². The molecule has 0 aliphatic carbocycles. The van der Waals surface area contributed by atoms with Crippen molar-refractivity contribution in [3.8, 4) is 11.3 Å². The Kier molecular flexibility index (Phi) is 3.89. The van der Waals surface area contributed by atoms with E-state index in [2.05, 4.69) is 30.3 Å². The summed E-state index contributed by atoms with van der Waals surface area (Å²) < 4.78 is 7.42. The summed E-state index contributed by atoms with van der Waals surface area (Å²) in [6.45, 7) is 3.77. The molecular formula is C16H21N7O. The fraction of sp³-hybridized carbons (Fsp3) is 0.500. The molecule has 1 saturated heterocycles. The molecule has 0 spiro atoms. The molecule has 1 atom stereocenters. The standard InChI is InChI=1S/C16H21N7O/c1-11-13(8-19-22(11)2)14-7-12(24-21-14)9-23-6-4-3-5-15(23)16-17-10-18-20-16/h7-8,10,15H,3-6,9H2,1-2H3,(H,17,18,20)/t15-/m1/s1. The summed E-state index contributed by atoms with van der Waals surface area (Å²) in [7, 11) is 1.93. The Labute approximate surface area is 139 Å². The number of hydrogen-bond donors (Lipinski definition) is 1. The van der Waals surface area contributed by atoms with E-state index in [0.29, 0.717) is 0 Å². The van der Waals surface area contributed by atoms with Crippen molar-refractivity contribution in [2.75, 3.05) is 6.54 Å². The van der Waals surface area contributed by atoms with E-state index in [4.69, 9.17) is 4.52 Å². The maximum atomic E-state index is 5.58. The predicted molar refractivity (Wildman–Crippen MR) is 86.8 cm³/mol. The maximum Gasteiger partial charge on any atom is 0.151 e. The van der Waals surface area contributed by atoms with Gasteiger partial charge >= 0.3 is 0 Å². The van der Waals surface area contributed by atoms with Crippen molar-refractivity contribution in [3.63, 3.8) is 0 Å². The second kappa shape index (κ2) is 6.20. The first kappa shape index (κ1) is 15.1. The lowest BCUT2D eigenvalue weighted by Crippen LogP contribution is -2.33. The first-order valence-electron chi connectivity index (χ1n) is 8.26. The molecule has 0 saturated carbocycles. The van der Waals surface area contributed by atoms with Gasteiger partial charge in [0.25, 0.3) is 0 Å². The highest BCUT2D eigenvalue weighted by Gasteiger charge is 2.27. The lowest BCUT2D eigenvalue weighted by Gasteiger charge is -2.33. The normalized spacial score (nSPS) is 19.0. The van der Waals surface area contributed by atoms with Gasteiger partial charge in [-0.05, 0) is 26.3 Å². The number of H-pyrrole nitrogens is 1. The highest BCUT2D eigenvalue weighted by molar-refractivity contribution is 5.60. The average Bonchev–Trinajstić information content (AvgIpc) is 3.32. The fourth-order valence-corrected chi connectivity index (χ4v) is 3.33. The zero-order chi connectivity index (χ0) is 16.5. The molecular weight excluding hydrogens is 306 g/mol. The van der Waals surface area contributed by atoms with Crippen molar-refractivity contribution in [1.82, 2.24) is 35.0 Å². The van der Waals surface area contributed by atoms with Crippen molar-refractivity contribution >= 4 is 0 Å². The molecule has 1 fully saturated rings. The van der Waals surface area contributed by atoms with Crippen molar-refractivity contribution in [1.29, 1.82) is 0 Å². The van der Waals surface area contributed by atoms with Crippen molar-refractivity contribution in [2.45, 2.75) is 38.8 Å². The Hall–Kier alpha value is -2.48. The molecule has 8 heteroatoms. The molecule has 1 aliphatic heterocycles. The summed E-state index contributed by atoms with van der Waals surface area (Å²) in [5, 5.41) is 15.5. The summed E-state index contributed by atoms with van der Waals surface area (Å²) in [5.41, 5.74) is 2.93. The smallest absolute Gasteiger partial charge is 0.151 e. The molecule has 1 aliphatic rings. The van der Waals surface area contributed by atoms with Crippen LogP contribution in [-0.4, -0.2) is 41.6 Å². The van der Waals surface area contributed by atoms with Gasteiger partial charge < -0.3 is 4.52 Å². The van der Waals surface area contributed by atoms with Crippen LogP contribution in [0.5, 0.6) is 0 Å². The molecule has 3 aromatic rings. The quantitative estimate of drug-likeness (QED) is 0.790. The number of aromatic amines is 1. The first-order chi connectivity index (χ1) is 11.7. The number of rotatable bonds is 4. The van der Waals surface area contributed by atoms with Gasteiger partial charge in [-0.1, -0.05) is 11.6 Å². The zero-order valence-electron chi connectivity index (χ0n) is 13.9. The highest BCUT2D eigenvalue weighted by Crippen LogP contribution is 2.31. The minimum Gasteiger partial charge on any atom is -0.359 e. The topological polar surface area (TPSA) is 88.7 Å². The molecule has 0 amide bonds. The molecule has 0 bridgehead atoms. The summed E-state index contributed by atoms with van der Waals surface area (Å²) in [6, 6.07) is 2.27. The fourth-order valence-electron chi connectivity index (χ4n) is 3.33. The number of hydrogen-bond acceptors (Lipinski definition) is 6. The van der Waals surface area contributed by atoms with Crippen LogP contribution in [0.2, 0.25) is 0 Å². The van der Waals surface area contributed by atoms with E-state index >= 15 is 0 Å². The molecule has 24 heavy (non-hydrogen) atoms. The monoisotopic (exact) mass is 327 g/mol. The van der Waals surface area contributed by atoms with Gasteiger partial charge in [-0.2, -0.15) is 10.2 Å². The number of aromatic nitrogens is 6. The van der Waals surface area contributed by atoms with E-state index in [1.807, 2.05) is 30.9 Å². The number of aryl methyl sites for hydroxylation is 1. The van der Waals surface area contributed by atoms with Crippen LogP contribution in [0.1, 0.15) is 42.6 Å². The summed E-state index contributed by atoms with van der Waals surface area (Å²) in [6.07, 6.45) is 6.87. The van der Waals surface area contributed by atoms with Gasteiger partial charge in [0.2, 0.25) is 0 Å². The molecule has 4 rings (SSSR count). The third-order valence-corrected chi connectivity index (χ3v) is 4.79. The van der Waals surface area contributed by atoms with E-state index in [-0.39, 0.29) is 6.04 Å². The molecule has 8 nitrogen and oxygen atoms in total. The second-order valence-electron chi connectivity index (χ2n) is 6.30. The Balaban J connectivity index is 1.53. The predicted octanol–water partition coefficient (Wildman–Crippen LogP) is 2.23. The van der Waals surface area contributed by atoms with Crippen LogP contribution in [0.3, 0.4) is 0 Å². The minimum absolute atomic E-state index is 0.259. The molecule has 0 radical (unpaired) electrons. The first-order valence-corrected chi connectivity index (χ1v) is 8.26. The number of piperidine rings is 1. The Morgan fingerprint density at radius 3 is 3.04 bits per heavy atom. The van der Waals surface area contributed by atoms with Crippen LogP contribution in [0, 0.1) is 6.92 Å². The van der Waals surface area contributed by atoms with Gasteiger partial charge in [-0.25, -0.2) is 4.98 Å². The van der Waals surface area contributed by atoms with Crippen LogP contribution in [0.15, 0.2) is 23.1 Å². The van der Waals surface area contributed by atoms with Crippen LogP contribution < -0.4 is 0 Å². The van der Waals surface area contributed by atoms with Crippen LogP contribution in [-0.2, 0) is 13.6 Å². The Bertz CT molecular complexity index is 804. The number of nitrogens with one attached hydrogen (secondary N) is 1. The van der Waals surface area contributed by atoms with Crippen molar-refractivity contribution in [3.05, 3.63) is 35.9 Å². The van der Waals surface area contributed by atoms with Gasteiger partial charge in [-0.15, -0.1) is 0 Å². The molecule has 0 aromatic carbocycles. The minimum atomic E-state index is 0.259. The van der Waals surface area contributed by atoms with Gasteiger partial charge in [0.15, 0.2) is 5.76 Å². The number of likely N-dealkylation sites (tertiary alicyclic amines) is 1. The lowest BCUT2D eigenvalue weighted by atomic mass is 10.0. The Morgan fingerprint density at radius 1 is 1.38 bits per heavy atom. The summed E-state index contributed by atoms with van der Waals surface area (Å²) in [4.78, 5) is 6.71. The highest BCUT2D eigenvalue weighted by atomic mass is 16.5. The molecule has 0 unspecified atom stereocenters. The SMILES string of the molecule is Cc1c(-c2cc(CN3CCCC[C@@H]3c3ncn[nH]3)on2)cnn1C. The lowest BCUT2D eigenvalue weighted by molar-refractivity contribution is 0.120. The summed E-state index contributed by atoms with van der Waals surface area (Å²) >= 11 is 0. The van der Waals surface area contributed by atoms with Crippen LogP contribution >= 0.6 is 0 Å². The van der Waals surface area contributed by atoms with E-state index in [9.17, 15) is 0 Å². The van der Waals surface area contributed by atoms with E-state index < -0.39 is 0 Å². The van der Waals surface area contributed by atoms with Gasteiger partial charge in [0, 0.05) is 24.4 Å². The number of nitrogens with zero attached hydrogens (tertiary/aromatic N) is 6. The molecule has 4 heterocycles. The average molecular weight is 327 g/mol. The maximum absolute atomic E-state index is 5.58. The van der Waals surface area contributed by atoms with Crippen LogP contribution in [0.25, 0.3) is 11.3 Å². The Morgan fingerprint density at radius 2 is 2.29 bits per heavy atom.